The molecule has 1 fully saturated rings. The van der Waals surface area contributed by atoms with Gasteiger partial charge < -0.3 is 10.4 Å². The Morgan fingerprint density at radius 1 is 1.50 bits per heavy atom. The van der Waals surface area contributed by atoms with Crippen LogP contribution in [0.4, 0.5) is 4.79 Å². The van der Waals surface area contributed by atoms with Gasteiger partial charge in [-0.1, -0.05) is 0 Å². The minimum Gasteiger partial charge on any atom is -0.480 e. The fourth-order valence-corrected chi connectivity index (χ4v) is 1.01. The number of carboxylic acid groups (broad SMARTS) is 1. The highest BCUT2D eigenvalue weighted by Crippen LogP contribution is 2.04. The first-order valence-electron chi connectivity index (χ1n) is 3.41. The van der Waals surface area contributed by atoms with Crippen LogP contribution in [0.2, 0.25) is 0 Å². The van der Waals surface area contributed by atoms with Gasteiger partial charge in [0, 0.05) is 4.92 Å². The molecule has 9 heteroatoms. The van der Waals surface area contributed by atoms with E-state index in [2.05, 4.69) is 0 Å². The average Bonchev–Trinajstić information content (AvgIpc) is 2.01. The molecule has 76 valence electrons. The van der Waals surface area contributed by atoms with Gasteiger partial charge in [-0.15, -0.1) is 0 Å². The lowest BCUT2D eigenvalue weighted by Gasteiger charge is -2.22. The van der Waals surface area contributed by atoms with Gasteiger partial charge >= 0.3 is 23.9 Å². The largest absolute Gasteiger partial charge is 0.480 e. The van der Waals surface area contributed by atoms with Crippen LogP contribution in [0.3, 0.4) is 0 Å². The van der Waals surface area contributed by atoms with Crippen molar-refractivity contribution >= 4 is 17.9 Å². The summed E-state index contributed by atoms with van der Waals surface area (Å²) in [4.78, 5) is 41.2. The molecule has 0 spiro atoms. The summed E-state index contributed by atoms with van der Waals surface area (Å²) in [5, 5.41) is 22.2. The minimum absolute atomic E-state index is 1.06. The molecule has 9 nitrogen and oxygen atoms in total. The third-order valence-corrected chi connectivity index (χ3v) is 1.60. The molecular formula is C5H5N3O6. The van der Waals surface area contributed by atoms with Gasteiger partial charge in [0.2, 0.25) is 6.04 Å². The SMILES string of the molecule is O=C1NC(=O)[C@H]([N+](=O)[O-])[C@@H](C(=O)O)N1. The Balaban J connectivity index is 2.97. The second-order valence-electron chi connectivity index (χ2n) is 2.51. The number of hydrogen-bond donors (Lipinski definition) is 3. The van der Waals surface area contributed by atoms with E-state index in [4.69, 9.17) is 5.11 Å². The summed E-state index contributed by atoms with van der Waals surface area (Å²) < 4.78 is 0. The molecule has 3 amide bonds. The predicted octanol–water partition coefficient (Wildman–Crippen LogP) is -2.08. The van der Waals surface area contributed by atoms with Gasteiger partial charge in [0.1, 0.15) is 0 Å². The molecular weight excluding hydrogens is 198 g/mol. The molecule has 14 heavy (non-hydrogen) atoms. The van der Waals surface area contributed by atoms with E-state index >= 15 is 0 Å². The Hall–Kier alpha value is -2.19. The lowest BCUT2D eigenvalue weighted by atomic mass is 10.1. The van der Waals surface area contributed by atoms with E-state index in [1.165, 1.54) is 0 Å². The maximum absolute atomic E-state index is 10.9. The van der Waals surface area contributed by atoms with Crippen molar-refractivity contribution in [3.63, 3.8) is 0 Å². The molecule has 0 aliphatic carbocycles. The topological polar surface area (TPSA) is 139 Å². The average molecular weight is 203 g/mol. The minimum atomic E-state index is -2.00. The van der Waals surface area contributed by atoms with Gasteiger partial charge in [-0.2, -0.15) is 0 Å². The monoisotopic (exact) mass is 203 g/mol. The zero-order valence-corrected chi connectivity index (χ0v) is 6.59. The van der Waals surface area contributed by atoms with Gasteiger partial charge in [0.15, 0.2) is 0 Å². The van der Waals surface area contributed by atoms with Crippen LogP contribution in [0.1, 0.15) is 0 Å². The maximum atomic E-state index is 10.9. The standard InChI is InChI=1S/C5H5N3O6/c9-3-2(8(13)14)1(4(10)11)6-5(12)7-3/h1-2H,(H,10,11)(H2,6,7,9,12)/t1-,2+/m0/s1. The molecule has 0 unspecified atom stereocenters. The van der Waals surface area contributed by atoms with Crippen LogP contribution in [0.15, 0.2) is 0 Å². The first-order chi connectivity index (χ1) is 6.43. The van der Waals surface area contributed by atoms with Crippen LogP contribution >= 0.6 is 0 Å². The Morgan fingerprint density at radius 3 is 2.50 bits per heavy atom. The summed E-state index contributed by atoms with van der Waals surface area (Å²) in [6, 6.07) is -4.88. The molecule has 0 aromatic heterocycles. The number of carbonyl (C=O) groups excluding carboxylic acids is 2. The molecule has 0 saturated carbocycles. The highest BCUT2D eigenvalue weighted by Gasteiger charge is 2.48. The molecule has 1 aliphatic rings. The van der Waals surface area contributed by atoms with Gasteiger partial charge in [-0.25, -0.2) is 9.59 Å². The smallest absolute Gasteiger partial charge is 0.334 e. The van der Waals surface area contributed by atoms with E-state index in [-0.39, 0.29) is 0 Å². The summed E-state index contributed by atoms with van der Waals surface area (Å²) in [6.45, 7) is 0. The highest BCUT2D eigenvalue weighted by molar-refractivity contribution is 6.03. The molecule has 1 saturated heterocycles. The zero-order valence-electron chi connectivity index (χ0n) is 6.59. The second kappa shape index (κ2) is 3.28. The van der Waals surface area contributed by atoms with Crippen molar-refractivity contribution < 1.29 is 24.4 Å². The fourth-order valence-electron chi connectivity index (χ4n) is 1.01. The van der Waals surface area contributed by atoms with Gasteiger partial charge in [0.25, 0.3) is 0 Å². The van der Waals surface area contributed by atoms with Crippen LogP contribution in [-0.4, -0.2) is 40.0 Å². The number of nitro groups is 1. The number of hydrogen-bond acceptors (Lipinski definition) is 5. The molecule has 1 heterocycles. The summed E-state index contributed by atoms with van der Waals surface area (Å²) >= 11 is 0. The fraction of sp³-hybridized carbons (Fsp3) is 0.400. The van der Waals surface area contributed by atoms with Gasteiger partial charge in [0.05, 0.1) is 0 Å². The van der Waals surface area contributed by atoms with Crippen molar-refractivity contribution in [2.24, 2.45) is 0 Å². The third kappa shape index (κ3) is 1.60. The summed E-state index contributed by atoms with van der Waals surface area (Å²) in [5.74, 6) is -2.86. The van der Waals surface area contributed by atoms with Crippen molar-refractivity contribution in [1.29, 1.82) is 0 Å². The molecule has 1 rings (SSSR count). The van der Waals surface area contributed by atoms with Crippen LogP contribution in [0, 0.1) is 10.1 Å². The number of aliphatic carboxylic acids is 1. The Labute approximate surface area is 76.2 Å². The highest BCUT2D eigenvalue weighted by atomic mass is 16.6. The number of carbonyl (C=O) groups is 3. The van der Waals surface area contributed by atoms with E-state index in [9.17, 15) is 24.5 Å². The number of imide groups is 1. The van der Waals surface area contributed by atoms with Crippen molar-refractivity contribution in [2.45, 2.75) is 12.1 Å². The summed E-state index contributed by atoms with van der Waals surface area (Å²) in [5.41, 5.74) is 0. The normalized spacial score (nSPS) is 26.3. The Morgan fingerprint density at radius 2 is 2.07 bits per heavy atom. The summed E-state index contributed by atoms with van der Waals surface area (Å²) in [7, 11) is 0. The van der Waals surface area contributed by atoms with Crippen molar-refractivity contribution in [3.05, 3.63) is 10.1 Å². The van der Waals surface area contributed by atoms with Crippen LogP contribution in [-0.2, 0) is 9.59 Å². The first kappa shape index (κ1) is 9.89. The number of urea groups is 1. The number of nitrogens with zero attached hydrogens (tertiary/aromatic N) is 1. The molecule has 0 radical (unpaired) electrons. The number of rotatable bonds is 2. The van der Waals surface area contributed by atoms with E-state index in [0.717, 1.165) is 0 Å². The molecule has 0 aromatic rings. The lowest BCUT2D eigenvalue weighted by Crippen LogP contribution is -2.66. The lowest BCUT2D eigenvalue weighted by molar-refractivity contribution is -0.510. The van der Waals surface area contributed by atoms with Crippen LogP contribution in [0.5, 0.6) is 0 Å². The molecule has 0 aromatic carbocycles. The van der Waals surface area contributed by atoms with E-state index in [1.807, 2.05) is 0 Å². The molecule has 0 bridgehead atoms. The number of nitrogens with one attached hydrogen (secondary N) is 2. The van der Waals surface area contributed by atoms with Crippen molar-refractivity contribution in [1.82, 2.24) is 10.6 Å². The Kier molecular flexibility index (Phi) is 2.32. The first-order valence-corrected chi connectivity index (χ1v) is 3.41. The van der Waals surface area contributed by atoms with Crippen molar-refractivity contribution in [2.75, 3.05) is 0 Å². The van der Waals surface area contributed by atoms with Crippen LogP contribution in [0.25, 0.3) is 0 Å². The van der Waals surface area contributed by atoms with Gasteiger partial charge in [-0.3, -0.25) is 20.2 Å². The number of amides is 3. The van der Waals surface area contributed by atoms with Crippen LogP contribution < -0.4 is 10.6 Å². The van der Waals surface area contributed by atoms with E-state index < -0.39 is 34.9 Å². The van der Waals surface area contributed by atoms with Gasteiger partial charge in [-0.05, 0) is 0 Å². The number of carboxylic acids is 1. The van der Waals surface area contributed by atoms with Crippen molar-refractivity contribution in [3.8, 4) is 0 Å². The Bertz CT molecular complexity index is 325. The van der Waals surface area contributed by atoms with E-state index in [1.54, 1.807) is 10.6 Å². The quantitative estimate of drug-likeness (QED) is 0.347. The molecule has 3 N–H and O–H groups in total. The third-order valence-electron chi connectivity index (χ3n) is 1.60. The molecule has 2 atom stereocenters. The molecule has 1 aliphatic heterocycles. The maximum Gasteiger partial charge on any atom is 0.334 e. The summed E-state index contributed by atoms with van der Waals surface area (Å²) in [6.07, 6.45) is 0. The zero-order chi connectivity index (χ0) is 10.9. The second-order valence-corrected chi connectivity index (χ2v) is 2.51. The van der Waals surface area contributed by atoms with E-state index in [0.29, 0.717) is 0 Å². The predicted molar refractivity (Wildman–Crippen MR) is 38.9 cm³/mol.